The normalized spacial score (nSPS) is 26.5. The van der Waals surface area contributed by atoms with Gasteiger partial charge in [0.15, 0.2) is 39.6 Å². The SMILES string of the molecule is CCCSc1nc(NC2CC2c2ccc(F)c(F)c2)c2nnn(C3CC(OCCO)C(C)C3OC(C)(C)O)c2n1. The summed E-state index contributed by atoms with van der Waals surface area (Å²) >= 11 is 1.53. The summed E-state index contributed by atoms with van der Waals surface area (Å²) in [6, 6.07) is 3.65. The first-order valence-electron chi connectivity index (χ1n) is 13.7. The van der Waals surface area contributed by atoms with Crippen molar-refractivity contribution in [3.8, 4) is 0 Å². The fraction of sp³-hybridized carbons (Fsp3) is 0.630. The molecule has 6 unspecified atom stereocenters. The number of thioether (sulfide) groups is 1. The van der Waals surface area contributed by atoms with Crippen LogP contribution in [0.3, 0.4) is 0 Å². The second-order valence-corrected chi connectivity index (χ2v) is 12.1. The number of fused-ring (bicyclic) bond motifs is 1. The topological polar surface area (TPSA) is 127 Å². The fourth-order valence-corrected chi connectivity index (χ4v) is 6.06. The lowest BCUT2D eigenvalue weighted by Gasteiger charge is -2.30. The van der Waals surface area contributed by atoms with E-state index >= 15 is 0 Å². The molecular weight excluding hydrogens is 542 g/mol. The lowest BCUT2D eigenvalue weighted by molar-refractivity contribution is -0.221. The van der Waals surface area contributed by atoms with E-state index in [9.17, 15) is 19.0 Å². The molecule has 13 heteroatoms. The molecule has 6 atom stereocenters. The Morgan fingerprint density at radius 3 is 2.70 bits per heavy atom. The van der Waals surface area contributed by atoms with Crippen molar-refractivity contribution in [2.24, 2.45) is 5.92 Å². The summed E-state index contributed by atoms with van der Waals surface area (Å²) in [6.45, 7) is 7.35. The van der Waals surface area contributed by atoms with Gasteiger partial charge in [-0.15, -0.1) is 5.10 Å². The van der Waals surface area contributed by atoms with Gasteiger partial charge in [0.05, 0.1) is 31.5 Å². The third-order valence-corrected chi connectivity index (χ3v) is 8.40. The van der Waals surface area contributed by atoms with Crippen LogP contribution in [0.2, 0.25) is 0 Å². The minimum Gasteiger partial charge on any atom is -0.394 e. The van der Waals surface area contributed by atoms with Crippen molar-refractivity contribution in [2.45, 2.75) is 88.1 Å². The highest BCUT2D eigenvalue weighted by Crippen LogP contribution is 2.45. The van der Waals surface area contributed by atoms with Gasteiger partial charge in [0.25, 0.3) is 0 Å². The van der Waals surface area contributed by atoms with Gasteiger partial charge < -0.3 is 25.0 Å². The number of nitrogens with zero attached hydrogens (tertiary/aromatic N) is 5. The van der Waals surface area contributed by atoms with Crippen molar-refractivity contribution in [3.05, 3.63) is 35.4 Å². The van der Waals surface area contributed by atoms with Gasteiger partial charge in [0.1, 0.15) is 0 Å². The summed E-state index contributed by atoms with van der Waals surface area (Å²) in [5.74, 6) is -1.82. The maximum absolute atomic E-state index is 13.8. The van der Waals surface area contributed by atoms with Gasteiger partial charge in [-0.2, -0.15) is 0 Å². The minimum absolute atomic E-state index is 0.0200. The Morgan fingerprint density at radius 2 is 2.00 bits per heavy atom. The lowest BCUT2D eigenvalue weighted by atomic mass is 10.1. The number of hydrogen-bond acceptors (Lipinski definition) is 10. The molecule has 3 N–H and O–H groups in total. The smallest absolute Gasteiger partial charge is 0.191 e. The van der Waals surface area contributed by atoms with E-state index in [0.717, 1.165) is 30.2 Å². The average Bonchev–Trinajstić information content (AvgIpc) is 3.44. The van der Waals surface area contributed by atoms with E-state index in [1.165, 1.54) is 17.8 Å². The van der Waals surface area contributed by atoms with E-state index < -0.39 is 23.5 Å². The van der Waals surface area contributed by atoms with Crippen molar-refractivity contribution in [1.29, 1.82) is 0 Å². The molecule has 3 aromatic rings. The predicted octanol–water partition coefficient (Wildman–Crippen LogP) is 4.04. The van der Waals surface area contributed by atoms with Crippen LogP contribution in [0.1, 0.15) is 64.5 Å². The Balaban J connectivity index is 1.47. The Labute approximate surface area is 235 Å². The highest BCUT2D eigenvalue weighted by molar-refractivity contribution is 7.99. The van der Waals surface area contributed by atoms with Gasteiger partial charge in [-0.1, -0.05) is 36.9 Å². The fourth-order valence-electron chi connectivity index (χ4n) is 5.36. The largest absolute Gasteiger partial charge is 0.394 e. The quantitative estimate of drug-likeness (QED) is 0.165. The number of aromatic nitrogens is 5. The average molecular weight is 579 g/mol. The lowest BCUT2D eigenvalue weighted by Crippen LogP contribution is -2.37. The molecule has 0 radical (unpaired) electrons. The molecule has 0 spiro atoms. The number of nitrogens with one attached hydrogen (secondary N) is 1. The van der Waals surface area contributed by atoms with Crippen LogP contribution < -0.4 is 5.32 Å². The Hall–Kier alpha value is -2.45. The van der Waals surface area contributed by atoms with Gasteiger partial charge >= 0.3 is 0 Å². The third kappa shape index (κ3) is 6.23. The number of halogens is 2. The number of anilines is 1. The molecule has 0 bridgehead atoms. The minimum atomic E-state index is -1.38. The van der Waals surface area contributed by atoms with Crippen LogP contribution in [-0.2, 0) is 9.47 Å². The molecule has 218 valence electrons. The summed E-state index contributed by atoms with van der Waals surface area (Å²) in [5, 5.41) is 32.7. The van der Waals surface area contributed by atoms with Crippen LogP contribution >= 0.6 is 11.8 Å². The number of ether oxygens (including phenoxy) is 2. The molecule has 0 saturated heterocycles. The van der Waals surface area contributed by atoms with E-state index in [2.05, 4.69) is 22.6 Å². The van der Waals surface area contributed by atoms with Crippen molar-refractivity contribution >= 4 is 28.7 Å². The standard InChI is InChI=1S/C27H36F2N6O4S/c1-5-10-40-26-31-24(30-19-12-16(19)15-6-7-17(28)18(29)11-15)22-25(32-26)35(34-33-22)20-13-21(38-9-8-36)14(2)23(20)39-27(3,4)37/h6-7,11,14,16,19-21,23,36-37H,5,8-10,12-13H2,1-4H3,(H,30,31,32). The summed E-state index contributed by atoms with van der Waals surface area (Å²) in [4.78, 5) is 9.54. The monoisotopic (exact) mass is 578 g/mol. The number of aliphatic hydroxyl groups excluding tert-OH is 1. The zero-order chi connectivity index (χ0) is 28.6. The Kier molecular flexibility index (Phi) is 8.58. The predicted molar refractivity (Wildman–Crippen MR) is 146 cm³/mol. The number of rotatable bonds is 12. The number of hydrogen-bond donors (Lipinski definition) is 3. The molecule has 0 aliphatic heterocycles. The van der Waals surface area contributed by atoms with Crippen molar-refractivity contribution in [1.82, 2.24) is 25.0 Å². The van der Waals surface area contributed by atoms with Crippen LogP contribution in [0.5, 0.6) is 0 Å². The van der Waals surface area contributed by atoms with Crippen LogP contribution in [0, 0.1) is 17.6 Å². The van der Waals surface area contributed by atoms with E-state index in [1.807, 2.05) is 6.92 Å². The zero-order valence-corrected chi connectivity index (χ0v) is 23.9. The van der Waals surface area contributed by atoms with Crippen molar-refractivity contribution in [3.63, 3.8) is 0 Å². The summed E-state index contributed by atoms with van der Waals surface area (Å²) < 4.78 is 41.0. The number of benzene rings is 1. The van der Waals surface area contributed by atoms with E-state index in [-0.39, 0.29) is 43.2 Å². The molecule has 5 rings (SSSR count). The summed E-state index contributed by atoms with van der Waals surface area (Å²) in [5.41, 5.74) is 1.75. The molecule has 1 aromatic carbocycles. The molecule has 40 heavy (non-hydrogen) atoms. The molecule has 2 aromatic heterocycles. The van der Waals surface area contributed by atoms with Crippen LogP contribution in [0.25, 0.3) is 11.2 Å². The first-order valence-corrected chi connectivity index (χ1v) is 14.7. The highest BCUT2D eigenvalue weighted by atomic mass is 32.2. The molecule has 2 fully saturated rings. The van der Waals surface area contributed by atoms with Crippen molar-refractivity contribution < 1.29 is 28.5 Å². The summed E-state index contributed by atoms with van der Waals surface area (Å²) in [7, 11) is 0. The highest BCUT2D eigenvalue weighted by Gasteiger charge is 2.47. The molecule has 2 heterocycles. The molecule has 2 aliphatic rings. The molecule has 0 amide bonds. The van der Waals surface area contributed by atoms with Crippen LogP contribution in [0.4, 0.5) is 14.6 Å². The van der Waals surface area contributed by atoms with E-state index in [1.54, 1.807) is 24.6 Å². The third-order valence-electron chi connectivity index (χ3n) is 7.34. The maximum Gasteiger partial charge on any atom is 0.191 e. The van der Waals surface area contributed by atoms with Crippen LogP contribution in [-0.4, -0.2) is 78.2 Å². The second kappa shape index (κ2) is 11.8. The second-order valence-electron chi connectivity index (χ2n) is 11.0. The van der Waals surface area contributed by atoms with Gasteiger partial charge in [0, 0.05) is 23.6 Å². The molecule has 2 saturated carbocycles. The van der Waals surface area contributed by atoms with Gasteiger partial charge in [0.2, 0.25) is 0 Å². The van der Waals surface area contributed by atoms with Gasteiger partial charge in [-0.3, -0.25) is 0 Å². The van der Waals surface area contributed by atoms with Gasteiger partial charge in [-0.25, -0.2) is 23.4 Å². The first-order chi connectivity index (χ1) is 19.1. The Morgan fingerprint density at radius 1 is 1.20 bits per heavy atom. The van der Waals surface area contributed by atoms with Crippen LogP contribution in [0.15, 0.2) is 23.4 Å². The van der Waals surface area contributed by atoms with Gasteiger partial charge in [-0.05, 0) is 50.8 Å². The van der Waals surface area contributed by atoms with Crippen molar-refractivity contribution in [2.75, 3.05) is 24.3 Å². The zero-order valence-electron chi connectivity index (χ0n) is 23.0. The van der Waals surface area contributed by atoms with E-state index in [0.29, 0.717) is 28.6 Å². The number of aliphatic hydroxyl groups is 2. The summed E-state index contributed by atoms with van der Waals surface area (Å²) in [6.07, 6.45) is 1.55. The van der Waals surface area contributed by atoms with E-state index in [4.69, 9.17) is 19.4 Å². The molecular formula is C27H36F2N6O4S. The molecule has 2 aliphatic carbocycles. The Bertz CT molecular complexity index is 1340. The molecule has 10 nitrogen and oxygen atoms in total. The maximum atomic E-state index is 13.8. The first kappa shape index (κ1) is 29.1.